The van der Waals surface area contributed by atoms with Crippen LogP contribution >= 0.6 is 0 Å². The third-order valence-corrected chi connectivity index (χ3v) is 1.89. The maximum Gasteiger partial charge on any atom is 0.563 e. The van der Waals surface area contributed by atoms with Gasteiger partial charge in [-0.25, -0.2) is 4.99 Å². The minimum Gasteiger partial charge on any atom is -0.515 e. The largest absolute Gasteiger partial charge is 0.563 e. The zero-order chi connectivity index (χ0) is 11.1. The van der Waals surface area contributed by atoms with E-state index < -0.39 is 19.2 Å². The molecule has 1 aliphatic heterocycles. The Hall–Kier alpha value is -1.50. The lowest BCUT2D eigenvalue weighted by Gasteiger charge is -2.20. The van der Waals surface area contributed by atoms with Crippen LogP contribution in [0.25, 0.3) is 0 Å². The molecule has 0 unspecified atom stereocenters. The van der Waals surface area contributed by atoms with Crippen molar-refractivity contribution in [3.63, 3.8) is 0 Å². The predicted octanol–water partition coefficient (Wildman–Crippen LogP) is 0.997. The summed E-state index contributed by atoms with van der Waals surface area (Å²) in [5.74, 6) is -1.42. The number of hydrogen-bond acceptors (Lipinski definition) is 3. The fraction of sp³-hybridized carbons (Fsp3) is 0.125. The second-order valence-electron chi connectivity index (χ2n) is 2.94. The van der Waals surface area contributed by atoms with Gasteiger partial charge in [-0.2, -0.15) is 13.2 Å². The highest BCUT2D eigenvalue weighted by atomic mass is 19.4. The van der Waals surface area contributed by atoms with E-state index in [1.54, 1.807) is 6.07 Å². The van der Waals surface area contributed by atoms with Crippen LogP contribution in [0.4, 0.5) is 18.9 Å². The molecule has 2 rings (SSSR count). The summed E-state index contributed by atoms with van der Waals surface area (Å²) in [6, 6.07) is 5.96. The van der Waals surface area contributed by atoms with Gasteiger partial charge in [-0.1, -0.05) is 18.2 Å². The van der Waals surface area contributed by atoms with Crippen LogP contribution in [0.15, 0.2) is 29.3 Å². The molecule has 1 aromatic carbocycles. The highest BCUT2D eigenvalue weighted by Crippen LogP contribution is 2.24. The Balaban J connectivity index is 2.48. The van der Waals surface area contributed by atoms with E-state index in [1.165, 1.54) is 18.2 Å². The normalized spacial score (nSPS) is 15.5. The summed E-state index contributed by atoms with van der Waals surface area (Å²) in [6.45, 7) is 0. The molecule has 3 nitrogen and oxygen atoms in total. The maximum atomic E-state index is 12.2. The molecule has 78 valence electrons. The van der Waals surface area contributed by atoms with E-state index in [9.17, 15) is 18.2 Å². The third kappa shape index (κ3) is 1.82. The Labute approximate surface area is 83.3 Å². The van der Waals surface area contributed by atoms with Crippen molar-refractivity contribution in [2.24, 2.45) is 4.99 Å². The summed E-state index contributed by atoms with van der Waals surface area (Å²) in [7, 11) is -1.62. The minimum absolute atomic E-state index is 0.0728. The summed E-state index contributed by atoms with van der Waals surface area (Å²) < 4.78 is 41.0. The summed E-state index contributed by atoms with van der Waals surface area (Å²) in [5, 5.41) is 9.29. The number of para-hydroxylation sites is 1. The Morgan fingerprint density at radius 3 is 2.60 bits per heavy atom. The van der Waals surface area contributed by atoms with Crippen LogP contribution < -0.4 is 5.46 Å². The molecule has 0 aromatic heterocycles. The first-order valence-corrected chi connectivity index (χ1v) is 4.08. The lowest BCUT2D eigenvalue weighted by atomic mass is 9.77. The highest BCUT2D eigenvalue weighted by Gasteiger charge is 2.43. The molecule has 1 aromatic rings. The van der Waals surface area contributed by atoms with Gasteiger partial charge < -0.3 is 9.68 Å². The number of nitrogens with zero attached hydrogens (tertiary/aromatic N) is 1. The smallest absolute Gasteiger partial charge is 0.515 e. The zero-order valence-electron chi connectivity index (χ0n) is 7.32. The lowest BCUT2D eigenvalue weighted by molar-refractivity contribution is -0.0719. The summed E-state index contributed by atoms with van der Waals surface area (Å²) in [4.78, 5) is 3.28. The molecule has 0 aliphatic carbocycles. The topological polar surface area (TPSA) is 41.8 Å². The van der Waals surface area contributed by atoms with Gasteiger partial charge in [0, 0.05) is 5.46 Å². The second-order valence-corrected chi connectivity index (χ2v) is 2.94. The van der Waals surface area contributed by atoms with E-state index in [1.807, 2.05) is 0 Å². The molecule has 0 spiro atoms. The van der Waals surface area contributed by atoms with E-state index in [0.29, 0.717) is 0 Å². The van der Waals surface area contributed by atoms with Crippen molar-refractivity contribution in [1.29, 1.82) is 0 Å². The third-order valence-electron chi connectivity index (χ3n) is 1.89. The standard InChI is InChI=1S/C8H5BF3NO2/c10-8(11,12)7-13-6-4-2-1-3-5(6)9(14)15-7/h1-4,14H. The molecule has 1 heterocycles. The molecule has 0 radical (unpaired) electrons. The van der Waals surface area contributed by atoms with Crippen molar-refractivity contribution >= 4 is 24.2 Å². The van der Waals surface area contributed by atoms with Gasteiger partial charge in [0.15, 0.2) is 0 Å². The van der Waals surface area contributed by atoms with E-state index in [0.717, 1.165) is 0 Å². The van der Waals surface area contributed by atoms with Crippen LogP contribution in [0.3, 0.4) is 0 Å². The molecule has 1 N–H and O–H groups in total. The van der Waals surface area contributed by atoms with Crippen molar-refractivity contribution in [3.05, 3.63) is 24.3 Å². The van der Waals surface area contributed by atoms with Gasteiger partial charge in [0.1, 0.15) is 0 Å². The SMILES string of the molecule is OB1OC(C(F)(F)F)=Nc2ccccc21. The second kappa shape index (κ2) is 3.27. The Morgan fingerprint density at radius 1 is 1.27 bits per heavy atom. The first-order chi connectivity index (χ1) is 6.98. The molecular weight excluding hydrogens is 210 g/mol. The monoisotopic (exact) mass is 215 g/mol. The van der Waals surface area contributed by atoms with Crippen molar-refractivity contribution in [3.8, 4) is 0 Å². The molecule has 1 aliphatic rings. The summed E-state index contributed by atoms with van der Waals surface area (Å²) in [6.07, 6.45) is -4.69. The molecule has 0 bridgehead atoms. The molecule has 0 atom stereocenters. The molecule has 7 heteroatoms. The van der Waals surface area contributed by atoms with Gasteiger partial charge in [-0.05, 0) is 6.07 Å². The average Bonchev–Trinajstić information content (AvgIpc) is 2.16. The van der Waals surface area contributed by atoms with Gasteiger partial charge in [-0.3, -0.25) is 0 Å². The van der Waals surface area contributed by atoms with Crippen molar-refractivity contribution in [1.82, 2.24) is 0 Å². The minimum atomic E-state index is -4.69. The fourth-order valence-corrected chi connectivity index (χ4v) is 1.23. The lowest BCUT2D eigenvalue weighted by Crippen LogP contribution is -2.43. The van der Waals surface area contributed by atoms with Crippen LogP contribution in [0, 0.1) is 0 Å². The number of rotatable bonds is 0. The van der Waals surface area contributed by atoms with Crippen LogP contribution in [0.1, 0.15) is 0 Å². The number of alkyl halides is 3. The van der Waals surface area contributed by atoms with Gasteiger partial charge in [0.25, 0.3) is 5.90 Å². The Kier molecular flexibility index (Phi) is 2.19. The average molecular weight is 215 g/mol. The molecular formula is C8H5BF3NO2. The molecule has 0 amide bonds. The molecule has 0 fully saturated rings. The number of hydrogen-bond donors (Lipinski definition) is 1. The fourth-order valence-electron chi connectivity index (χ4n) is 1.23. The van der Waals surface area contributed by atoms with Gasteiger partial charge in [-0.15, -0.1) is 0 Å². The van der Waals surface area contributed by atoms with Crippen LogP contribution in [-0.2, 0) is 4.65 Å². The van der Waals surface area contributed by atoms with Crippen LogP contribution in [0.2, 0.25) is 0 Å². The van der Waals surface area contributed by atoms with E-state index in [2.05, 4.69) is 9.65 Å². The van der Waals surface area contributed by atoms with Gasteiger partial charge in [0.2, 0.25) is 0 Å². The van der Waals surface area contributed by atoms with E-state index in [4.69, 9.17) is 0 Å². The Bertz CT molecular complexity index is 419. The quantitative estimate of drug-likeness (QED) is 0.655. The Morgan fingerprint density at radius 2 is 1.93 bits per heavy atom. The number of aliphatic imine (C=N–C) groups is 1. The van der Waals surface area contributed by atoms with E-state index >= 15 is 0 Å². The zero-order valence-corrected chi connectivity index (χ0v) is 7.32. The number of benzene rings is 1. The summed E-state index contributed by atoms with van der Waals surface area (Å²) in [5.41, 5.74) is 0.300. The highest BCUT2D eigenvalue weighted by molar-refractivity contribution is 6.64. The van der Waals surface area contributed by atoms with Crippen molar-refractivity contribution in [2.45, 2.75) is 6.18 Å². The molecule has 0 saturated heterocycles. The van der Waals surface area contributed by atoms with Gasteiger partial charge >= 0.3 is 13.3 Å². The molecule has 0 saturated carbocycles. The van der Waals surface area contributed by atoms with Crippen molar-refractivity contribution < 1.29 is 22.8 Å². The first-order valence-electron chi connectivity index (χ1n) is 4.08. The predicted molar refractivity (Wildman–Crippen MR) is 48.3 cm³/mol. The number of halogens is 3. The van der Waals surface area contributed by atoms with Crippen molar-refractivity contribution in [2.75, 3.05) is 0 Å². The first kappa shape index (κ1) is 10.0. The van der Waals surface area contributed by atoms with E-state index in [-0.39, 0.29) is 11.2 Å². The maximum absolute atomic E-state index is 12.2. The van der Waals surface area contributed by atoms with Crippen LogP contribution in [-0.4, -0.2) is 24.2 Å². The van der Waals surface area contributed by atoms with Crippen LogP contribution in [0.5, 0.6) is 0 Å². The molecule has 15 heavy (non-hydrogen) atoms. The van der Waals surface area contributed by atoms with Gasteiger partial charge in [0.05, 0.1) is 5.69 Å². The number of fused-ring (bicyclic) bond motifs is 1. The summed E-state index contributed by atoms with van der Waals surface area (Å²) >= 11 is 0.